The van der Waals surface area contributed by atoms with Gasteiger partial charge in [-0.05, 0) is 37.3 Å². The van der Waals surface area contributed by atoms with Gasteiger partial charge in [0.2, 0.25) is 5.91 Å². The summed E-state index contributed by atoms with van der Waals surface area (Å²) in [6.07, 6.45) is 3.15. The van der Waals surface area contributed by atoms with Crippen molar-refractivity contribution in [2.24, 2.45) is 0 Å². The van der Waals surface area contributed by atoms with Gasteiger partial charge in [-0.2, -0.15) is 0 Å². The van der Waals surface area contributed by atoms with E-state index < -0.39 is 0 Å². The molecule has 2 aromatic carbocycles. The lowest BCUT2D eigenvalue weighted by Gasteiger charge is -2.10. The number of anilines is 1. The molecule has 3 rings (SSSR count). The third-order valence-electron chi connectivity index (χ3n) is 3.90. The van der Waals surface area contributed by atoms with E-state index in [0.717, 1.165) is 23.0 Å². The van der Waals surface area contributed by atoms with E-state index in [0.29, 0.717) is 16.5 Å². The molecule has 0 unspecified atom stereocenters. The lowest BCUT2D eigenvalue weighted by molar-refractivity contribution is -0.113. The third-order valence-corrected chi connectivity index (χ3v) is 5.09. The molecule has 0 aliphatic heterocycles. The Kier molecular flexibility index (Phi) is 6.38. The van der Waals surface area contributed by atoms with E-state index in [9.17, 15) is 9.59 Å². The van der Waals surface area contributed by atoms with Crippen LogP contribution in [0, 0.1) is 6.92 Å². The molecule has 0 fully saturated rings. The zero-order chi connectivity index (χ0) is 20.1. The minimum absolute atomic E-state index is 0.0236. The Bertz CT molecular complexity index is 1050. The first-order chi connectivity index (χ1) is 13.5. The van der Waals surface area contributed by atoms with Gasteiger partial charge in [0.1, 0.15) is 5.75 Å². The van der Waals surface area contributed by atoms with Crippen LogP contribution >= 0.6 is 23.4 Å². The molecule has 0 bridgehead atoms. The molecule has 0 saturated heterocycles. The van der Waals surface area contributed by atoms with Crippen molar-refractivity contribution in [1.29, 1.82) is 0 Å². The van der Waals surface area contributed by atoms with Crippen molar-refractivity contribution in [3.05, 3.63) is 75.8 Å². The Hall–Kier alpha value is -2.77. The minimum Gasteiger partial charge on any atom is -0.495 e. The zero-order valence-electron chi connectivity index (χ0n) is 15.3. The summed E-state index contributed by atoms with van der Waals surface area (Å²) >= 11 is 7.04. The fourth-order valence-electron chi connectivity index (χ4n) is 2.50. The molecule has 28 heavy (non-hydrogen) atoms. The summed E-state index contributed by atoms with van der Waals surface area (Å²) < 4.78 is 6.72. The number of carbonyl (C=O) groups excluding carboxylic acids is 1. The highest BCUT2D eigenvalue weighted by molar-refractivity contribution is 7.99. The van der Waals surface area contributed by atoms with E-state index in [1.54, 1.807) is 30.6 Å². The lowest BCUT2D eigenvalue weighted by Crippen LogP contribution is -2.22. The molecule has 0 radical (unpaired) electrons. The number of rotatable bonds is 6. The van der Waals surface area contributed by atoms with Crippen LogP contribution in [0.15, 0.2) is 64.7 Å². The van der Waals surface area contributed by atoms with Crippen LogP contribution in [0.4, 0.5) is 5.69 Å². The molecule has 144 valence electrons. The minimum atomic E-state index is -0.294. The number of aromatic nitrogens is 2. The van der Waals surface area contributed by atoms with Crippen molar-refractivity contribution in [2.45, 2.75) is 11.9 Å². The summed E-state index contributed by atoms with van der Waals surface area (Å²) in [4.78, 5) is 29.1. The second-order valence-electron chi connectivity index (χ2n) is 5.92. The van der Waals surface area contributed by atoms with E-state index in [2.05, 4.69) is 10.3 Å². The Balaban J connectivity index is 1.72. The Morgan fingerprint density at radius 2 is 2.00 bits per heavy atom. The smallest absolute Gasteiger partial charge is 0.287 e. The predicted octanol–water partition coefficient (Wildman–Crippen LogP) is 3.93. The average Bonchev–Trinajstić information content (AvgIpc) is 2.68. The lowest BCUT2D eigenvalue weighted by atomic mass is 10.2. The van der Waals surface area contributed by atoms with Gasteiger partial charge in [-0.1, -0.05) is 41.1 Å². The Morgan fingerprint density at radius 1 is 1.25 bits per heavy atom. The maximum absolute atomic E-state index is 12.7. The van der Waals surface area contributed by atoms with Gasteiger partial charge in [-0.3, -0.25) is 14.2 Å². The molecule has 0 aliphatic carbocycles. The monoisotopic (exact) mass is 415 g/mol. The number of halogens is 1. The highest BCUT2D eigenvalue weighted by atomic mass is 35.5. The van der Waals surface area contributed by atoms with Gasteiger partial charge in [0.05, 0.1) is 18.6 Å². The molecule has 3 aromatic rings. The summed E-state index contributed by atoms with van der Waals surface area (Å²) in [6, 6.07) is 12.5. The second-order valence-corrected chi connectivity index (χ2v) is 7.33. The normalized spacial score (nSPS) is 10.5. The van der Waals surface area contributed by atoms with Crippen LogP contribution < -0.4 is 15.6 Å². The summed E-state index contributed by atoms with van der Waals surface area (Å²) in [5, 5.41) is 3.47. The van der Waals surface area contributed by atoms with E-state index in [1.807, 2.05) is 31.2 Å². The average molecular weight is 416 g/mol. The number of methoxy groups -OCH3 is 1. The molecule has 0 saturated carbocycles. The van der Waals surface area contributed by atoms with Gasteiger partial charge in [0, 0.05) is 23.1 Å². The van der Waals surface area contributed by atoms with Crippen LogP contribution in [0.25, 0.3) is 5.69 Å². The maximum Gasteiger partial charge on any atom is 0.287 e. The standard InChI is InChI=1S/C20H18ClN3O3S/c1-13-3-6-15(7-4-13)24-10-9-22-19(20(24)26)28-12-18(25)23-16-11-14(21)5-8-17(16)27-2/h3-11H,12H2,1-2H3,(H,23,25). The molecule has 1 N–H and O–H groups in total. The number of thioether (sulfide) groups is 1. The second kappa shape index (κ2) is 8.95. The Morgan fingerprint density at radius 3 is 2.71 bits per heavy atom. The quantitative estimate of drug-likeness (QED) is 0.617. The summed E-state index contributed by atoms with van der Waals surface area (Å²) in [6.45, 7) is 1.98. The highest BCUT2D eigenvalue weighted by Crippen LogP contribution is 2.28. The van der Waals surface area contributed by atoms with Crippen molar-refractivity contribution in [3.63, 3.8) is 0 Å². The van der Waals surface area contributed by atoms with Crippen LogP contribution in [-0.2, 0) is 4.79 Å². The zero-order valence-corrected chi connectivity index (χ0v) is 16.9. The molecule has 6 nitrogen and oxygen atoms in total. The first kappa shape index (κ1) is 20.0. The molecule has 0 spiro atoms. The van der Waals surface area contributed by atoms with Crippen LogP contribution in [0.2, 0.25) is 5.02 Å². The van der Waals surface area contributed by atoms with E-state index in [-0.39, 0.29) is 22.2 Å². The van der Waals surface area contributed by atoms with E-state index in [1.165, 1.54) is 11.7 Å². The van der Waals surface area contributed by atoms with Crippen LogP contribution in [0.5, 0.6) is 5.75 Å². The Labute approximate surface area is 171 Å². The van der Waals surface area contributed by atoms with Crippen molar-refractivity contribution in [3.8, 4) is 11.4 Å². The number of carbonyl (C=O) groups is 1. The fraction of sp³-hybridized carbons (Fsp3) is 0.150. The summed E-state index contributed by atoms with van der Waals surface area (Å²) in [5.41, 5.74) is 2.05. The number of amides is 1. The molecule has 8 heteroatoms. The number of aryl methyl sites for hydroxylation is 1. The highest BCUT2D eigenvalue weighted by Gasteiger charge is 2.12. The molecular weight excluding hydrogens is 398 g/mol. The number of hydrogen-bond donors (Lipinski definition) is 1. The third kappa shape index (κ3) is 4.74. The molecule has 0 atom stereocenters. The molecule has 1 aromatic heterocycles. The van der Waals surface area contributed by atoms with Gasteiger partial charge in [0.25, 0.3) is 5.56 Å². The van der Waals surface area contributed by atoms with Crippen molar-refractivity contribution < 1.29 is 9.53 Å². The molecular formula is C20H18ClN3O3S. The molecule has 0 aliphatic rings. The van der Waals surface area contributed by atoms with Crippen LogP contribution in [-0.4, -0.2) is 28.3 Å². The van der Waals surface area contributed by atoms with Crippen molar-refractivity contribution in [2.75, 3.05) is 18.2 Å². The predicted molar refractivity (Wildman–Crippen MR) is 112 cm³/mol. The largest absolute Gasteiger partial charge is 0.495 e. The van der Waals surface area contributed by atoms with E-state index >= 15 is 0 Å². The van der Waals surface area contributed by atoms with Crippen LogP contribution in [0.3, 0.4) is 0 Å². The molecule has 1 heterocycles. The molecule has 1 amide bonds. The van der Waals surface area contributed by atoms with E-state index in [4.69, 9.17) is 16.3 Å². The van der Waals surface area contributed by atoms with Crippen molar-refractivity contribution in [1.82, 2.24) is 9.55 Å². The van der Waals surface area contributed by atoms with Crippen molar-refractivity contribution >= 4 is 35.0 Å². The van der Waals surface area contributed by atoms with Gasteiger partial charge in [-0.15, -0.1) is 0 Å². The number of nitrogens with zero attached hydrogens (tertiary/aromatic N) is 2. The fourth-order valence-corrected chi connectivity index (χ4v) is 3.37. The van der Waals surface area contributed by atoms with Gasteiger partial charge < -0.3 is 10.1 Å². The first-order valence-electron chi connectivity index (χ1n) is 8.39. The number of ether oxygens (including phenoxy) is 1. The van der Waals surface area contributed by atoms with Gasteiger partial charge in [-0.25, -0.2) is 4.98 Å². The number of nitrogens with one attached hydrogen (secondary N) is 1. The maximum atomic E-state index is 12.7. The SMILES string of the molecule is COc1ccc(Cl)cc1NC(=O)CSc1nccn(-c2ccc(C)cc2)c1=O. The van der Waals surface area contributed by atoms with Gasteiger partial charge in [0.15, 0.2) is 5.03 Å². The first-order valence-corrected chi connectivity index (χ1v) is 9.75. The topological polar surface area (TPSA) is 73.2 Å². The number of benzene rings is 2. The van der Waals surface area contributed by atoms with Gasteiger partial charge >= 0.3 is 0 Å². The number of hydrogen-bond acceptors (Lipinski definition) is 5. The summed E-state index contributed by atoms with van der Waals surface area (Å²) in [7, 11) is 1.51. The van der Waals surface area contributed by atoms with Crippen LogP contribution in [0.1, 0.15) is 5.56 Å². The summed E-state index contributed by atoms with van der Waals surface area (Å²) in [5.74, 6) is 0.232.